The molecular formula is C12H16N2O6S. The zero-order chi connectivity index (χ0) is 16.2. The molecule has 1 rings (SSSR count). The number of hydrogen-bond acceptors (Lipinski definition) is 5. The number of nitrogens with zero attached hydrogens (tertiary/aromatic N) is 2. The van der Waals surface area contributed by atoms with E-state index in [0.29, 0.717) is 0 Å². The Balaban J connectivity index is 3.12. The molecule has 0 amide bonds. The third kappa shape index (κ3) is 3.99. The Morgan fingerprint density at radius 2 is 1.90 bits per heavy atom. The Labute approximate surface area is 122 Å². The van der Waals surface area contributed by atoms with E-state index in [0.717, 1.165) is 28.6 Å². The first-order chi connectivity index (χ1) is 9.70. The van der Waals surface area contributed by atoms with E-state index >= 15 is 0 Å². The molecule has 1 unspecified atom stereocenters. The number of nitro groups is 1. The van der Waals surface area contributed by atoms with E-state index < -0.39 is 27.0 Å². The summed E-state index contributed by atoms with van der Waals surface area (Å²) in [5.41, 5.74) is -0.212. The lowest BCUT2D eigenvalue weighted by atomic mass is 10.2. The minimum atomic E-state index is -3.89. The lowest BCUT2D eigenvalue weighted by Crippen LogP contribution is -2.39. The predicted molar refractivity (Wildman–Crippen MR) is 74.4 cm³/mol. The Morgan fingerprint density at radius 3 is 2.29 bits per heavy atom. The molecule has 1 atom stereocenters. The van der Waals surface area contributed by atoms with Gasteiger partial charge in [-0.05, 0) is 19.1 Å². The summed E-state index contributed by atoms with van der Waals surface area (Å²) in [7, 11) is -3.89. The second-order valence-corrected chi connectivity index (χ2v) is 6.30. The maximum Gasteiger partial charge on any atom is 0.304 e. The van der Waals surface area contributed by atoms with Gasteiger partial charge < -0.3 is 5.11 Å². The van der Waals surface area contributed by atoms with Gasteiger partial charge >= 0.3 is 5.97 Å². The van der Waals surface area contributed by atoms with Crippen LogP contribution in [0, 0.1) is 10.1 Å². The molecule has 0 aromatic heterocycles. The minimum absolute atomic E-state index is 0.104. The monoisotopic (exact) mass is 316 g/mol. The van der Waals surface area contributed by atoms with E-state index in [1.54, 1.807) is 6.92 Å². The van der Waals surface area contributed by atoms with Crippen molar-refractivity contribution in [1.29, 1.82) is 0 Å². The van der Waals surface area contributed by atoms with Crippen LogP contribution < -0.4 is 0 Å². The summed E-state index contributed by atoms with van der Waals surface area (Å²) < 4.78 is 25.9. The molecule has 0 heterocycles. The third-order valence-electron chi connectivity index (χ3n) is 2.93. The fraction of sp³-hybridized carbons (Fsp3) is 0.417. The predicted octanol–water partition coefficient (Wildman–Crippen LogP) is 1.47. The molecular weight excluding hydrogens is 300 g/mol. The second-order valence-electron chi connectivity index (χ2n) is 4.41. The van der Waals surface area contributed by atoms with Crippen molar-refractivity contribution in [1.82, 2.24) is 4.31 Å². The number of carbonyl (C=O) groups is 1. The molecule has 0 aliphatic carbocycles. The summed E-state index contributed by atoms with van der Waals surface area (Å²) in [5.74, 6) is -1.10. The van der Waals surface area contributed by atoms with E-state index in [4.69, 9.17) is 5.11 Å². The van der Waals surface area contributed by atoms with Gasteiger partial charge in [-0.15, -0.1) is 0 Å². The van der Waals surface area contributed by atoms with Crippen molar-refractivity contribution in [2.75, 3.05) is 6.54 Å². The number of aliphatic carboxylic acids is 1. The van der Waals surface area contributed by atoms with Crippen molar-refractivity contribution in [2.24, 2.45) is 0 Å². The van der Waals surface area contributed by atoms with Crippen molar-refractivity contribution < 1.29 is 23.2 Å². The highest BCUT2D eigenvalue weighted by molar-refractivity contribution is 7.89. The van der Waals surface area contributed by atoms with E-state index in [9.17, 15) is 23.3 Å². The maximum atomic E-state index is 12.4. The Morgan fingerprint density at radius 1 is 1.38 bits per heavy atom. The van der Waals surface area contributed by atoms with Gasteiger partial charge in [0, 0.05) is 24.7 Å². The van der Waals surface area contributed by atoms with Crippen LogP contribution in [0.1, 0.15) is 20.3 Å². The average molecular weight is 316 g/mol. The van der Waals surface area contributed by atoms with Crippen molar-refractivity contribution in [3.05, 3.63) is 34.4 Å². The smallest absolute Gasteiger partial charge is 0.304 e. The van der Waals surface area contributed by atoms with Crippen molar-refractivity contribution in [3.8, 4) is 0 Å². The summed E-state index contributed by atoms with van der Waals surface area (Å²) in [6.45, 7) is 3.20. The summed E-state index contributed by atoms with van der Waals surface area (Å²) in [6, 6.07) is 3.77. The van der Waals surface area contributed by atoms with Gasteiger partial charge in [0.25, 0.3) is 5.69 Å². The molecule has 0 saturated carbocycles. The molecule has 1 aromatic carbocycles. The molecule has 1 N–H and O–H groups in total. The first-order valence-electron chi connectivity index (χ1n) is 6.18. The highest BCUT2D eigenvalue weighted by Crippen LogP contribution is 2.22. The first kappa shape index (κ1) is 17.1. The van der Waals surface area contributed by atoms with Gasteiger partial charge in [0.1, 0.15) is 0 Å². The van der Waals surface area contributed by atoms with Crippen LogP contribution in [-0.2, 0) is 14.8 Å². The average Bonchev–Trinajstić information content (AvgIpc) is 2.38. The number of benzene rings is 1. The lowest BCUT2D eigenvalue weighted by Gasteiger charge is -2.26. The van der Waals surface area contributed by atoms with Crippen molar-refractivity contribution >= 4 is 21.7 Å². The van der Waals surface area contributed by atoms with Crippen LogP contribution >= 0.6 is 0 Å². The number of nitro benzene ring substituents is 1. The van der Waals surface area contributed by atoms with Crippen LogP contribution in [0.4, 0.5) is 5.69 Å². The van der Waals surface area contributed by atoms with Gasteiger partial charge in [-0.1, -0.05) is 6.92 Å². The second kappa shape index (κ2) is 6.64. The van der Waals surface area contributed by atoms with E-state index in [2.05, 4.69) is 0 Å². The summed E-state index contributed by atoms with van der Waals surface area (Å²) >= 11 is 0. The molecule has 116 valence electrons. The summed E-state index contributed by atoms with van der Waals surface area (Å²) in [4.78, 5) is 20.6. The largest absolute Gasteiger partial charge is 0.481 e. The molecule has 0 bridgehead atoms. The van der Waals surface area contributed by atoms with Gasteiger partial charge in [0.2, 0.25) is 10.0 Å². The zero-order valence-electron chi connectivity index (χ0n) is 11.6. The molecule has 0 spiro atoms. The van der Waals surface area contributed by atoms with Crippen LogP contribution in [0.3, 0.4) is 0 Å². The van der Waals surface area contributed by atoms with Crippen LogP contribution in [-0.4, -0.2) is 41.3 Å². The SMILES string of the molecule is CCN(C(C)CC(=O)O)S(=O)(=O)c1ccc([N+](=O)[O-])cc1. The Hall–Kier alpha value is -2.00. The number of hydrogen-bond donors (Lipinski definition) is 1. The van der Waals surface area contributed by atoms with Gasteiger partial charge in [-0.25, -0.2) is 8.42 Å². The molecule has 0 radical (unpaired) electrons. The zero-order valence-corrected chi connectivity index (χ0v) is 12.4. The Kier molecular flexibility index (Phi) is 5.39. The van der Waals surface area contributed by atoms with Gasteiger partial charge in [0.05, 0.1) is 16.2 Å². The molecule has 0 aliphatic heterocycles. The van der Waals surface area contributed by atoms with Crippen molar-refractivity contribution in [3.63, 3.8) is 0 Å². The third-order valence-corrected chi connectivity index (χ3v) is 5.03. The lowest BCUT2D eigenvalue weighted by molar-refractivity contribution is -0.384. The number of rotatable bonds is 7. The number of carboxylic acids is 1. The number of non-ortho nitro benzene ring substituents is 1. The molecule has 21 heavy (non-hydrogen) atoms. The highest BCUT2D eigenvalue weighted by atomic mass is 32.2. The number of sulfonamides is 1. The van der Waals surface area contributed by atoms with Crippen LogP contribution in [0.15, 0.2) is 29.2 Å². The van der Waals surface area contributed by atoms with E-state index in [1.807, 2.05) is 0 Å². The molecule has 8 nitrogen and oxygen atoms in total. The van der Waals surface area contributed by atoms with Gasteiger partial charge in [0.15, 0.2) is 0 Å². The standard InChI is InChI=1S/C12H16N2O6S/c1-3-13(9(2)8-12(15)16)21(19,20)11-6-4-10(5-7-11)14(17)18/h4-7,9H,3,8H2,1-2H3,(H,15,16). The molecule has 0 aliphatic rings. The topological polar surface area (TPSA) is 118 Å². The van der Waals surface area contributed by atoms with Crippen LogP contribution in [0.5, 0.6) is 0 Å². The number of carboxylic acid groups (broad SMARTS) is 1. The summed E-state index contributed by atoms with van der Waals surface area (Å²) in [5, 5.41) is 19.3. The molecule has 0 fully saturated rings. The fourth-order valence-electron chi connectivity index (χ4n) is 1.95. The molecule has 1 aromatic rings. The molecule has 9 heteroatoms. The van der Waals surface area contributed by atoms with Crippen LogP contribution in [0.25, 0.3) is 0 Å². The van der Waals surface area contributed by atoms with Crippen molar-refractivity contribution in [2.45, 2.75) is 31.2 Å². The Bertz CT molecular complexity index is 626. The normalized spacial score (nSPS) is 13.1. The van der Waals surface area contributed by atoms with Gasteiger partial charge in [-0.3, -0.25) is 14.9 Å². The highest BCUT2D eigenvalue weighted by Gasteiger charge is 2.29. The van der Waals surface area contributed by atoms with Gasteiger partial charge in [-0.2, -0.15) is 4.31 Å². The van der Waals surface area contributed by atoms with E-state index in [1.165, 1.54) is 6.92 Å². The van der Waals surface area contributed by atoms with E-state index in [-0.39, 0.29) is 23.5 Å². The van der Waals surface area contributed by atoms with Crippen LogP contribution in [0.2, 0.25) is 0 Å². The quantitative estimate of drug-likeness (QED) is 0.601. The fourth-order valence-corrected chi connectivity index (χ4v) is 3.59. The summed E-state index contributed by atoms with van der Waals surface area (Å²) in [6.07, 6.45) is -0.319. The maximum absolute atomic E-state index is 12.4. The molecule has 0 saturated heterocycles. The first-order valence-corrected chi connectivity index (χ1v) is 7.62. The minimum Gasteiger partial charge on any atom is -0.481 e.